The summed E-state index contributed by atoms with van der Waals surface area (Å²) in [7, 11) is 0. The lowest BCUT2D eigenvalue weighted by atomic mass is 10.1. The summed E-state index contributed by atoms with van der Waals surface area (Å²) >= 11 is 5.73. The Morgan fingerprint density at radius 1 is 1.18 bits per heavy atom. The number of benzene rings is 1. The summed E-state index contributed by atoms with van der Waals surface area (Å²) in [4.78, 5) is 0. The van der Waals surface area contributed by atoms with E-state index in [4.69, 9.17) is 11.6 Å². The van der Waals surface area contributed by atoms with Gasteiger partial charge in [0.05, 0.1) is 6.54 Å². The Kier molecular flexibility index (Phi) is 3.40. The van der Waals surface area contributed by atoms with Crippen LogP contribution >= 0.6 is 11.6 Å². The van der Waals surface area contributed by atoms with E-state index in [1.54, 1.807) is 0 Å². The van der Waals surface area contributed by atoms with Crippen LogP contribution in [0.4, 0.5) is 0 Å². The fraction of sp³-hybridized carbons (Fsp3) is 0.333. The molecule has 1 rings (SSSR count). The molecular weight excluding hydrogens is 158 g/mol. The van der Waals surface area contributed by atoms with Gasteiger partial charge in [-0.2, -0.15) is 0 Å². The number of quaternary nitrogens is 1. The lowest BCUT2D eigenvalue weighted by Gasteiger charge is -1.97. The highest BCUT2D eigenvalue weighted by molar-refractivity contribution is 6.30. The van der Waals surface area contributed by atoms with Crippen LogP contribution in [0, 0.1) is 0 Å². The molecule has 1 nitrogen and oxygen atoms in total. The quantitative estimate of drug-likeness (QED) is 0.713. The molecule has 0 saturated carbocycles. The summed E-state index contributed by atoms with van der Waals surface area (Å²) in [5, 5.41) is 0.809. The van der Waals surface area contributed by atoms with Crippen molar-refractivity contribution in [1.29, 1.82) is 0 Å². The summed E-state index contributed by atoms with van der Waals surface area (Å²) in [6.07, 6.45) is 2.27. The average molecular weight is 171 g/mol. The monoisotopic (exact) mass is 170 g/mol. The molecule has 3 N–H and O–H groups in total. The molecule has 0 spiro atoms. The molecule has 60 valence electrons. The van der Waals surface area contributed by atoms with Crippen LogP contribution in [0.2, 0.25) is 5.02 Å². The zero-order valence-electron chi connectivity index (χ0n) is 6.52. The minimum Gasteiger partial charge on any atom is -0.358 e. The molecule has 0 aromatic heterocycles. The summed E-state index contributed by atoms with van der Waals surface area (Å²) in [5.41, 5.74) is 5.14. The van der Waals surface area contributed by atoms with Gasteiger partial charge in [-0.25, -0.2) is 0 Å². The van der Waals surface area contributed by atoms with Gasteiger partial charge in [0.15, 0.2) is 0 Å². The summed E-state index contributed by atoms with van der Waals surface area (Å²) in [5.74, 6) is 0. The fourth-order valence-corrected chi connectivity index (χ4v) is 1.11. The lowest BCUT2D eigenvalue weighted by Crippen LogP contribution is -2.50. The van der Waals surface area contributed by atoms with Crippen LogP contribution in [0.25, 0.3) is 0 Å². The second-order valence-corrected chi connectivity index (χ2v) is 3.02. The van der Waals surface area contributed by atoms with Crippen molar-refractivity contribution in [2.75, 3.05) is 6.54 Å². The topological polar surface area (TPSA) is 27.6 Å². The van der Waals surface area contributed by atoms with Crippen LogP contribution in [0.5, 0.6) is 0 Å². The number of hydrogen-bond acceptors (Lipinski definition) is 0. The SMILES string of the molecule is [NH3+]CCCc1ccc(Cl)cc1. The number of aryl methyl sites for hydroxylation is 1. The Hall–Kier alpha value is -0.530. The number of hydrogen-bond donors (Lipinski definition) is 1. The Balaban J connectivity index is 2.52. The molecule has 0 aliphatic rings. The zero-order valence-corrected chi connectivity index (χ0v) is 7.27. The molecule has 0 aliphatic heterocycles. The smallest absolute Gasteiger partial charge is 0.0743 e. The largest absolute Gasteiger partial charge is 0.358 e. The predicted molar refractivity (Wildman–Crippen MR) is 47.5 cm³/mol. The highest BCUT2D eigenvalue weighted by Crippen LogP contribution is 2.10. The van der Waals surface area contributed by atoms with E-state index in [2.05, 4.69) is 17.9 Å². The zero-order chi connectivity index (χ0) is 8.10. The van der Waals surface area contributed by atoms with E-state index in [1.807, 2.05) is 12.1 Å². The van der Waals surface area contributed by atoms with Crippen LogP contribution < -0.4 is 5.73 Å². The molecule has 0 fully saturated rings. The first-order valence-corrected chi connectivity index (χ1v) is 4.24. The Morgan fingerprint density at radius 3 is 2.36 bits per heavy atom. The van der Waals surface area contributed by atoms with Crippen LogP contribution in [0.1, 0.15) is 12.0 Å². The van der Waals surface area contributed by atoms with Crippen molar-refractivity contribution in [3.05, 3.63) is 34.9 Å². The minimum atomic E-state index is 0.809. The van der Waals surface area contributed by atoms with Gasteiger partial charge in [-0.3, -0.25) is 0 Å². The Morgan fingerprint density at radius 2 is 1.82 bits per heavy atom. The maximum Gasteiger partial charge on any atom is 0.0743 e. The first-order chi connectivity index (χ1) is 5.33. The standard InChI is InChI=1S/C9H12ClN/c10-9-5-3-8(4-6-9)2-1-7-11/h3-6H,1-2,7,11H2/p+1. The Bertz CT molecular complexity index is 205. The van der Waals surface area contributed by atoms with Crippen molar-refractivity contribution in [2.24, 2.45) is 0 Å². The molecule has 2 heteroatoms. The normalized spacial score (nSPS) is 10.0. The van der Waals surface area contributed by atoms with E-state index in [1.165, 1.54) is 5.56 Å². The van der Waals surface area contributed by atoms with Gasteiger partial charge in [0.25, 0.3) is 0 Å². The van der Waals surface area contributed by atoms with Crippen LogP contribution in [-0.4, -0.2) is 6.54 Å². The van der Waals surface area contributed by atoms with Crippen molar-refractivity contribution in [3.63, 3.8) is 0 Å². The van der Waals surface area contributed by atoms with Crippen LogP contribution in [-0.2, 0) is 6.42 Å². The molecule has 0 saturated heterocycles. The third-order valence-electron chi connectivity index (χ3n) is 1.63. The first-order valence-electron chi connectivity index (χ1n) is 3.86. The fourth-order valence-electron chi connectivity index (χ4n) is 0.980. The predicted octanol–water partition coefficient (Wildman–Crippen LogP) is 1.51. The van der Waals surface area contributed by atoms with Gasteiger partial charge in [0, 0.05) is 11.4 Å². The van der Waals surface area contributed by atoms with E-state index in [0.29, 0.717) is 0 Å². The summed E-state index contributed by atoms with van der Waals surface area (Å²) < 4.78 is 0. The second kappa shape index (κ2) is 4.37. The molecule has 0 heterocycles. The van der Waals surface area contributed by atoms with Crippen LogP contribution in [0.15, 0.2) is 24.3 Å². The van der Waals surface area contributed by atoms with Gasteiger partial charge >= 0.3 is 0 Å². The van der Waals surface area contributed by atoms with Crippen LogP contribution in [0.3, 0.4) is 0 Å². The molecule has 0 bridgehead atoms. The molecule has 0 aliphatic carbocycles. The third kappa shape index (κ3) is 2.91. The molecule has 0 unspecified atom stereocenters. The van der Waals surface area contributed by atoms with Gasteiger partial charge in [-0.05, 0) is 24.1 Å². The highest BCUT2D eigenvalue weighted by Gasteiger charge is 1.92. The number of rotatable bonds is 3. The molecule has 0 atom stereocenters. The molecule has 1 aromatic rings. The lowest BCUT2D eigenvalue weighted by molar-refractivity contribution is -0.368. The van der Waals surface area contributed by atoms with E-state index < -0.39 is 0 Å². The molecule has 0 amide bonds. The van der Waals surface area contributed by atoms with Gasteiger partial charge < -0.3 is 5.73 Å². The van der Waals surface area contributed by atoms with E-state index in [0.717, 1.165) is 24.4 Å². The van der Waals surface area contributed by atoms with Gasteiger partial charge in [0.1, 0.15) is 0 Å². The maximum absolute atomic E-state index is 5.73. The first kappa shape index (κ1) is 8.57. The molecule has 1 aromatic carbocycles. The van der Waals surface area contributed by atoms with Crippen molar-refractivity contribution in [3.8, 4) is 0 Å². The summed E-state index contributed by atoms with van der Waals surface area (Å²) in [6, 6.07) is 8.00. The molecule has 11 heavy (non-hydrogen) atoms. The van der Waals surface area contributed by atoms with Crippen molar-refractivity contribution >= 4 is 11.6 Å². The van der Waals surface area contributed by atoms with Crippen molar-refractivity contribution in [2.45, 2.75) is 12.8 Å². The Labute approximate surface area is 72.2 Å². The van der Waals surface area contributed by atoms with Gasteiger partial charge in [-0.15, -0.1) is 0 Å². The van der Waals surface area contributed by atoms with E-state index >= 15 is 0 Å². The van der Waals surface area contributed by atoms with Gasteiger partial charge in [0.2, 0.25) is 0 Å². The number of halogens is 1. The second-order valence-electron chi connectivity index (χ2n) is 2.58. The summed E-state index contributed by atoms with van der Waals surface area (Å²) in [6.45, 7) is 1.00. The van der Waals surface area contributed by atoms with Crippen molar-refractivity contribution < 1.29 is 5.73 Å². The molecule has 0 radical (unpaired) electrons. The third-order valence-corrected chi connectivity index (χ3v) is 1.88. The maximum atomic E-state index is 5.73. The highest BCUT2D eigenvalue weighted by atomic mass is 35.5. The minimum absolute atomic E-state index is 0.809. The average Bonchev–Trinajstić information content (AvgIpc) is 2.04. The van der Waals surface area contributed by atoms with E-state index in [-0.39, 0.29) is 0 Å². The van der Waals surface area contributed by atoms with Gasteiger partial charge in [-0.1, -0.05) is 23.7 Å². The molecular formula is C9H13ClN+. The van der Waals surface area contributed by atoms with Crippen molar-refractivity contribution in [1.82, 2.24) is 0 Å². The van der Waals surface area contributed by atoms with E-state index in [9.17, 15) is 0 Å².